The van der Waals surface area contributed by atoms with Crippen LogP contribution in [0.4, 0.5) is 10.1 Å². The predicted octanol–water partition coefficient (Wildman–Crippen LogP) is 4.25. The maximum absolute atomic E-state index is 13.8. The van der Waals surface area contributed by atoms with E-state index in [1.54, 1.807) is 42.6 Å². The number of anilines is 1. The van der Waals surface area contributed by atoms with Crippen LogP contribution in [0, 0.1) is 18.2 Å². The van der Waals surface area contributed by atoms with Crippen LogP contribution >= 0.6 is 0 Å². The maximum Gasteiger partial charge on any atom is 0.255 e. The topological polar surface area (TPSA) is 51.2 Å². The Hall–Kier alpha value is -3.65. The molecule has 0 fully saturated rings. The lowest BCUT2D eigenvalue weighted by molar-refractivity contribution is 0.102. The molecule has 0 radical (unpaired) electrons. The average Bonchev–Trinajstić information content (AvgIpc) is 2.62. The molecular formula is C20H13FN2O2. The van der Waals surface area contributed by atoms with Crippen molar-refractivity contribution >= 4 is 11.6 Å². The summed E-state index contributed by atoms with van der Waals surface area (Å²) in [5, 5.41) is 2.63. The second-order valence-electron chi connectivity index (χ2n) is 5.15. The number of pyridine rings is 1. The van der Waals surface area contributed by atoms with Crippen molar-refractivity contribution in [3.05, 3.63) is 83.9 Å². The summed E-state index contributed by atoms with van der Waals surface area (Å²) < 4.78 is 19.4. The largest absolute Gasteiger partial charge is 0.456 e. The molecule has 1 heterocycles. The summed E-state index contributed by atoms with van der Waals surface area (Å²) in [5.74, 6) is 2.25. The molecule has 3 rings (SSSR count). The van der Waals surface area contributed by atoms with E-state index in [2.05, 4.69) is 16.2 Å². The van der Waals surface area contributed by atoms with Gasteiger partial charge in [0.1, 0.15) is 17.3 Å². The molecule has 1 amide bonds. The molecule has 5 heteroatoms. The minimum absolute atomic E-state index is 0.251. The van der Waals surface area contributed by atoms with Crippen LogP contribution in [0.2, 0.25) is 0 Å². The molecule has 4 nitrogen and oxygen atoms in total. The van der Waals surface area contributed by atoms with Gasteiger partial charge in [-0.2, -0.15) is 0 Å². The van der Waals surface area contributed by atoms with Crippen LogP contribution in [0.15, 0.2) is 67.0 Å². The number of ether oxygens (including phenoxy) is 1. The quantitative estimate of drug-likeness (QED) is 0.727. The van der Waals surface area contributed by atoms with E-state index in [-0.39, 0.29) is 11.4 Å². The Kier molecular flexibility index (Phi) is 4.72. The Morgan fingerprint density at radius 2 is 2.00 bits per heavy atom. The summed E-state index contributed by atoms with van der Waals surface area (Å²) in [6, 6.07) is 14.0. The number of amides is 1. The molecule has 1 aromatic heterocycles. The summed E-state index contributed by atoms with van der Waals surface area (Å²) in [7, 11) is 0. The van der Waals surface area contributed by atoms with E-state index >= 15 is 0 Å². The second-order valence-corrected chi connectivity index (χ2v) is 5.15. The van der Waals surface area contributed by atoms with Crippen LogP contribution in [0.3, 0.4) is 0 Å². The summed E-state index contributed by atoms with van der Waals surface area (Å²) in [6.07, 6.45) is 8.45. The number of nitrogens with zero attached hydrogens (tertiary/aromatic N) is 1. The van der Waals surface area contributed by atoms with E-state index in [1.807, 2.05) is 0 Å². The highest BCUT2D eigenvalue weighted by Crippen LogP contribution is 2.25. The Morgan fingerprint density at radius 3 is 2.76 bits per heavy atom. The van der Waals surface area contributed by atoms with Gasteiger partial charge in [-0.15, -0.1) is 6.42 Å². The molecule has 0 atom stereocenters. The molecule has 3 aromatic rings. The minimum atomic E-state index is -0.533. The van der Waals surface area contributed by atoms with Crippen molar-refractivity contribution < 1.29 is 13.9 Å². The number of carbonyl (C=O) groups excluding carboxylic acids is 1. The standard InChI is InChI=1S/C20H13FN2O2/c1-2-14-5-3-6-15(9-14)20(24)23-17-10-16(21)11-19(12-17)25-18-7-4-8-22-13-18/h1,3-13H,(H,23,24). The van der Waals surface area contributed by atoms with Gasteiger partial charge in [-0.1, -0.05) is 12.0 Å². The second kappa shape index (κ2) is 7.28. The predicted molar refractivity (Wildman–Crippen MR) is 93.0 cm³/mol. The van der Waals surface area contributed by atoms with Gasteiger partial charge in [-0.05, 0) is 36.4 Å². The van der Waals surface area contributed by atoms with Crippen LogP contribution in [0.25, 0.3) is 0 Å². The van der Waals surface area contributed by atoms with E-state index < -0.39 is 11.7 Å². The summed E-state index contributed by atoms with van der Waals surface area (Å²) in [6.45, 7) is 0. The first kappa shape index (κ1) is 16.2. The van der Waals surface area contributed by atoms with Gasteiger partial charge in [0.05, 0.1) is 6.20 Å². The number of halogens is 1. The Labute approximate surface area is 144 Å². The van der Waals surface area contributed by atoms with Crippen LogP contribution < -0.4 is 10.1 Å². The van der Waals surface area contributed by atoms with Crippen molar-refractivity contribution in [1.29, 1.82) is 0 Å². The van der Waals surface area contributed by atoms with Gasteiger partial charge >= 0.3 is 0 Å². The fourth-order valence-corrected chi connectivity index (χ4v) is 2.19. The number of aromatic nitrogens is 1. The van der Waals surface area contributed by atoms with Gasteiger partial charge in [0.25, 0.3) is 5.91 Å². The van der Waals surface area contributed by atoms with Crippen LogP contribution in [-0.2, 0) is 0 Å². The van der Waals surface area contributed by atoms with Gasteiger partial charge < -0.3 is 10.1 Å². The molecule has 122 valence electrons. The van der Waals surface area contributed by atoms with E-state index in [9.17, 15) is 9.18 Å². The smallest absolute Gasteiger partial charge is 0.255 e. The number of benzene rings is 2. The molecule has 0 aliphatic heterocycles. The highest BCUT2D eigenvalue weighted by atomic mass is 19.1. The lowest BCUT2D eigenvalue weighted by Gasteiger charge is -2.09. The maximum atomic E-state index is 13.8. The van der Waals surface area contributed by atoms with Gasteiger partial charge in [0.15, 0.2) is 0 Å². The van der Waals surface area contributed by atoms with E-state index in [4.69, 9.17) is 11.2 Å². The van der Waals surface area contributed by atoms with Gasteiger partial charge in [0, 0.05) is 35.1 Å². The number of rotatable bonds is 4. The van der Waals surface area contributed by atoms with E-state index in [1.165, 1.54) is 24.4 Å². The van der Waals surface area contributed by atoms with E-state index in [0.717, 1.165) is 0 Å². The van der Waals surface area contributed by atoms with Crippen LogP contribution in [0.1, 0.15) is 15.9 Å². The molecule has 0 unspecified atom stereocenters. The first-order valence-corrected chi connectivity index (χ1v) is 7.40. The zero-order valence-electron chi connectivity index (χ0n) is 13.1. The van der Waals surface area contributed by atoms with Crippen molar-refractivity contribution in [3.8, 4) is 23.8 Å². The molecule has 0 aliphatic rings. The minimum Gasteiger partial charge on any atom is -0.456 e. The van der Waals surface area contributed by atoms with Crippen molar-refractivity contribution in [1.82, 2.24) is 4.98 Å². The molecule has 1 N–H and O–H groups in total. The first-order valence-electron chi connectivity index (χ1n) is 7.40. The van der Waals surface area contributed by atoms with Gasteiger partial charge in [-0.25, -0.2) is 4.39 Å². The van der Waals surface area contributed by atoms with Crippen molar-refractivity contribution in [2.45, 2.75) is 0 Å². The van der Waals surface area contributed by atoms with Crippen LogP contribution in [-0.4, -0.2) is 10.9 Å². The molecule has 25 heavy (non-hydrogen) atoms. The fraction of sp³-hybridized carbons (Fsp3) is 0. The molecular weight excluding hydrogens is 319 g/mol. The first-order chi connectivity index (χ1) is 12.1. The van der Waals surface area contributed by atoms with Gasteiger partial charge in [0.2, 0.25) is 0 Å². The van der Waals surface area contributed by atoms with Crippen molar-refractivity contribution in [3.63, 3.8) is 0 Å². The Balaban J connectivity index is 1.80. The fourth-order valence-electron chi connectivity index (χ4n) is 2.19. The molecule has 2 aromatic carbocycles. The molecule has 0 saturated heterocycles. The number of hydrogen-bond acceptors (Lipinski definition) is 3. The monoisotopic (exact) mass is 332 g/mol. The SMILES string of the molecule is C#Cc1cccc(C(=O)Nc2cc(F)cc(Oc3cccnc3)c2)c1. The summed E-state index contributed by atoms with van der Waals surface area (Å²) in [4.78, 5) is 16.2. The lowest BCUT2D eigenvalue weighted by atomic mass is 10.1. The Morgan fingerprint density at radius 1 is 1.12 bits per heavy atom. The lowest BCUT2D eigenvalue weighted by Crippen LogP contribution is -2.12. The average molecular weight is 332 g/mol. The van der Waals surface area contributed by atoms with Crippen molar-refractivity contribution in [2.24, 2.45) is 0 Å². The van der Waals surface area contributed by atoms with Crippen LogP contribution in [0.5, 0.6) is 11.5 Å². The zero-order chi connectivity index (χ0) is 17.6. The molecule has 0 spiro atoms. The number of carbonyl (C=O) groups is 1. The zero-order valence-corrected chi connectivity index (χ0v) is 13.1. The van der Waals surface area contributed by atoms with Gasteiger partial charge in [-0.3, -0.25) is 9.78 Å². The van der Waals surface area contributed by atoms with E-state index in [0.29, 0.717) is 16.9 Å². The molecule has 0 saturated carbocycles. The molecule has 0 bridgehead atoms. The number of terminal acetylenes is 1. The molecule has 0 aliphatic carbocycles. The number of nitrogens with one attached hydrogen (secondary N) is 1. The third kappa shape index (κ3) is 4.21. The third-order valence-corrected chi connectivity index (χ3v) is 3.29. The normalized spacial score (nSPS) is 9.92. The number of hydrogen-bond donors (Lipinski definition) is 1. The summed E-state index contributed by atoms with van der Waals surface area (Å²) >= 11 is 0. The Bertz CT molecular complexity index is 949. The third-order valence-electron chi connectivity index (χ3n) is 3.29. The highest BCUT2D eigenvalue weighted by molar-refractivity contribution is 6.04. The summed E-state index contributed by atoms with van der Waals surface area (Å²) in [5.41, 5.74) is 1.25. The van der Waals surface area contributed by atoms with Crippen molar-refractivity contribution in [2.75, 3.05) is 5.32 Å². The highest BCUT2D eigenvalue weighted by Gasteiger charge is 2.09.